The highest BCUT2D eigenvalue weighted by Crippen LogP contribution is 2.19. The summed E-state index contributed by atoms with van der Waals surface area (Å²) in [6.07, 6.45) is -1.41. The highest BCUT2D eigenvalue weighted by atomic mass is 16.5. The number of hydrogen-bond acceptors (Lipinski definition) is 5. The van der Waals surface area contributed by atoms with E-state index in [0.717, 1.165) is 7.11 Å². The summed E-state index contributed by atoms with van der Waals surface area (Å²) in [4.78, 5) is 22.7. The first-order valence-electron chi connectivity index (χ1n) is 5.30. The molecule has 18 heavy (non-hydrogen) atoms. The van der Waals surface area contributed by atoms with E-state index in [9.17, 15) is 19.8 Å². The molecule has 6 nitrogen and oxygen atoms in total. The predicted molar refractivity (Wildman–Crippen MR) is 63.2 cm³/mol. The van der Waals surface area contributed by atoms with Gasteiger partial charge in [0.05, 0.1) is 13.7 Å². The molecule has 1 atom stereocenters. The van der Waals surface area contributed by atoms with Crippen LogP contribution in [-0.4, -0.2) is 41.8 Å². The van der Waals surface area contributed by atoms with Crippen molar-refractivity contribution >= 4 is 11.9 Å². The van der Waals surface area contributed by atoms with Crippen molar-refractivity contribution in [1.29, 1.82) is 0 Å². The fourth-order valence-corrected chi connectivity index (χ4v) is 1.37. The van der Waals surface area contributed by atoms with Crippen molar-refractivity contribution in [2.45, 2.75) is 13.0 Å². The van der Waals surface area contributed by atoms with Crippen LogP contribution < -0.4 is 5.32 Å². The fraction of sp³-hybridized carbons (Fsp3) is 0.333. The van der Waals surface area contributed by atoms with Gasteiger partial charge in [0.2, 0.25) is 0 Å². The minimum Gasteiger partial charge on any atom is -0.508 e. The number of aliphatic hydroxyl groups is 1. The molecule has 0 fully saturated rings. The molecule has 1 unspecified atom stereocenters. The first kappa shape index (κ1) is 14.0. The summed E-state index contributed by atoms with van der Waals surface area (Å²) >= 11 is 0. The van der Waals surface area contributed by atoms with Gasteiger partial charge in [-0.15, -0.1) is 0 Å². The lowest BCUT2D eigenvalue weighted by Gasteiger charge is -2.11. The Morgan fingerprint density at radius 1 is 1.44 bits per heavy atom. The lowest BCUT2D eigenvalue weighted by molar-refractivity contribution is -0.149. The SMILES string of the molecule is COC(=O)C(O)CNC(=O)c1cccc(O)c1C. The Kier molecular flexibility index (Phi) is 4.67. The third-order valence-electron chi connectivity index (χ3n) is 2.48. The number of carbonyl (C=O) groups excluding carboxylic acids is 2. The monoisotopic (exact) mass is 253 g/mol. The average Bonchev–Trinajstić information content (AvgIpc) is 2.37. The molecule has 0 aliphatic rings. The van der Waals surface area contributed by atoms with E-state index in [1.54, 1.807) is 6.92 Å². The van der Waals surface area contributed by atoms with Crippen LogP contribution in [0.15, 0.2) is 18.2 Å². The molecule has 0 saturated carbocycles. The van der Waals surface area contributed by atoms with E-state index in [4.69, 9.17) is 0 Å². The van der Waals surface area contributed by atoms with E-state index in [1.807, 2.05) is 0 Å². The Morgan fingerprint density at radius 2 is 2.11 bits per heavy atom. The van der Waals surface area contributed by atoms with Crippen molar-refractivity contribution < 1.29 is 24.5 Å². The maximum absolute atomic E-state index is 11.7. The number of hydrogen-bond donors (Lipinski definition) is 3. The molecule has 0 aromatic heterocycles. The van der Waals surface area contributed by atoms with Crippen molar-refractivity contribution in [3.05, 3.63) is 29.3 Å². The first-order valence-corrected chi connectivity index (χ1v) is 5.30. The number of carbonyl (C=O) groups is 2. The molecule has 1 rings (SSSR count). The van der Waals surface area contributed by atoms with Gasteiger partial charge in [-0.3, -0.25) is 4.79 Å². The smallest absolute Gasteiger partial charge is 0.336 e. The number of phenolic OH excluding ortho intramolecular Hbond substituents is 1. The van der Waals surface area contributed by atoms with Gasteiger partial charge < -0.3 is 20.3 Å². The van der Waals surface area contributed by atoms with Gasteiger partial charge >= 0.3 is 5.97 Å². The molecule has 0 bridgehead atoms. The quantitative estimate of drug-likeness (QED) is 0.654. The molecule has 0 saturated heterocycles. The molecule has 0 aliphatic heterocycles. The molecule has 3 N–H and O–H groups in total. The molecule has 1 amide bonds. The van der Waals surface area contributed by atoms with Crippen LogP contribution in [0.4, 0.5) is 0 Å². The third-order valence-corrected chi connectivity index (χ3v) is 2.48. The number of rotatable bonds is 4. The standard InChI is InChI=1S/C12H15NO5/c1-7-8(4-3-5-9(7)14)11(16)13-6-10(15)12(17)18-2/h3-5,10,14-15H,6H2,1-2H3,(H,13,16). The van der Waals surface area contributed by atoms with E-state index in [-0.39, 0.29) is 17.9 Å². The Labute approximate surface area is 104 Å². The van der Waals surface area contributed by atoms with Gasteiger partial charge in [0, 0.05) is 11.1 Å². The molecule has 98 valence electrons. The highest BCUT2D eigenvalue weighted by Gasteiger charge is 2.17. The van der Waals surface area contributed by atoms with E-state index >= 15 is 0 Å². The zero-order valence-electron chi connectivity index (χ0n) is 10.1. The van der Waals surface area contributed by atoms with E-state index in [0.29, 0.717) is 5.56 Å². The number of benzene rings is 1. The van der Waals surface area contributed by atoms with E-state index < -0.39 is 18.0 Å². The van der Waals surface area contributed by atoms with Gasteiger partial charge in [0.1, 0.15) is 5.75 Å². The van der Waals surface area contributed by atoms with Crippen LogP contribution in [0.2, 0.25) is 0 Å². The molecule has 0 aliphatic carbocycles. The lowest BCUT2D eigenvalue weighted by atomic mass is 10.1. The Hall–Kier alpha value is -2.08. The normalized spacial score (nSPS) is 11.7. The number of aromatic hydroxyl groups is 1. The van der Waals surface area contributed by atoms with Crippen LogP contribution in [0, 0.1) is 6.92 Å². The van der Waals surface area contributed by atoms with Gasteiger partial charge in [-0.1, -0.05) is 6.07 Å². The minimum absolute atomic E-state index is 0.0103. The second-order valence-corrected chi connectivity index (χ2v) is 3.70. The Balaban J connectivity index is 2.66. The third kappa shape index (κ3) is 3.21. The zero-order chi connectivity index (χ0) is 13.7. The number of aliphatic hydroxyl groups excluding tert-OH is 1. The summed E-state index contributed by atoms with van der Waals surface area (Å²) in [6.45, 7) is 1.35. The topological polar surface area (TPSA) is 95.9 Å². The maximum Gasteiger partial charge on any atom is 0.336 e. The molecule has 1 aromatic rings. The van der Waals surface area contributed by atoms with Crippen molar-refractivity contribution in [2.75, 3.05) is 13.7 Å². The van der Waals surface area contributed by atoms with Crippen LogP contribution in [-0.2, 0) is 9.53 Å². The van der Waals surface area contributed by atoms with Crippen molar-refractivity contribution in [1.82, 2.24) is 5.32 Å². The van der Waals surface area contributed by atoms with Crippen LogP contribution in [0.3, 0.4) is 0 Å². The Bertz CT molecular complexity index is 458. The molecule has 0 heterocycles. The van der Waals surface area contributed by atoms with Crippen molar-refractivity contribution in [3.63, 3.8) is 0 Å². The summed E-state index contributed by atoms with van der Waals surface area (Å²) in [5.74, 6) is -1.29. The van der Waals surface area contributed by atoms with E-state index in [1.165, 1.54) is 18.2 Å². The number of methoxy groups -OCH3 is 1. The second kappa shape index (κ2) is 6.02. The number of amides is 1. The molecule has 0 radical (unpaired) electrons. The Morgan fingerprint density at radius 3 is 2.72 bits per heavy atom. The van der Waals surface area contributed by atoms with Gasteiger partial charge in [-0.2, -0.15) is 0 Å². The minimum atomic E-state index is -1.41. The first-order chi connectivity index (χ1) is 8.47. The molecular weight excluding hydrogens is 238 g/mol. The summed E-state index contributed by atoms with van der Waals surface area (Å²) in [5.41, 5.74) is 0.717. The zero-order valence-corrected chi connectivity index (χ0v) is 10.1. The molecule has 0 spiro atoms. The molecular formula is C12H15NO5. The summed E-state index contributed by atoms with van der Waals surface area (Å²) in [5, 5.41) is 21.1. The summed E-state index contributed by atoms with van der Waals surface area (Å²) in [6, 6.07) is 4.54. The second-order valence-electron chi connectivity index (χ2n) is 3.70. The van der Waals surface area contributed by atoms with Crippen molar-refractivity contribution in [2.24, 2.45) is 0 Å². The molecule has 6 heteroatoms. The predicted octanol–water partition coefficient (Wildman–Crippen LogP) is -0.0357. The van der Waals surface area contributed by atoms with Crippen molar-refractivity contribution in [3.8, 4) is 5.75 Å². The average molecular weight is 253 g/mol. The van der Waals surface area contributed by atoms with Crippen LogP contribution in [0.1, 0.15) is 15.9 Å². The van der Waals surface area contributed by atoms with Gasteiger partial charge in [-0.25, -0.2) is 4.79 Å². The molecule has 1 aromatic carbocycles. The number of ether oxygens (including phenoxy) is 1. The van der Waals surface area contributed by atoms with Gasteiger partial charge in [-0.05, 0) is 19.1 Å². The largest absolute Gasteiger partial charge is 0.508 e. The highest BCUT2D eigenvalue weighted by molar-refractivity contribution is 5.96. The fourth-order valence-electron chi connectivity index (χ4n) is 1.37. The van der Waals surface area contributed by atoms with Crippen LogP contribution >= 0.6 is 0 Å². The summed E-state index contributed by atoms with van der Waals surface area (Å²) < 4.78 is 4.31. The van der Waals surface area contributed by atoms with E-state index in [2.05, 4.69) is 10.1 Å². The van der Waals surface area contributed by atoms with Gasteiger partial charge in [0.15, 0.2) is 6.10 Å². The summed E-state index contributed by atoms with van der Waals surface area (Å²) in [7, 11) is 1.15. The number of nitrogens with one attached hydrogen (secondary N) is 1. The number of phenols is 1. The number of esters is 1. The lowest BCUT2D eigenvalue weighted by Crippen LogP contribution is -2.37. The van der Waals surface area contributed by atoms with Crippen LogP contribution in [0.5, 0.6) is 5.75 Å². The maximum atomic E-state index is 11.7. The van der Waals surface area contributed by atoms with Gasteiger partial charge in [0.25, 0.3) is 5.91 Å². The van der Waals surface area contributed by atoms with Crippen LogP contribution in [0.25, 0.3) is 0 Å².